The molecule has 1 atom stereocenters. The van der Waals surface area contributed by atoms with Crippen LogP contribution in [0.25, 0.3) is 0 Å². The number of unbranched alkanes of at least 4 members (excludes halogenated alkanes) is 1. The Morgan fingerprint density at radius 1 is 1.43 bits per heavy atom. The molecule has 128 valence electrons. The smallest absolute Gasteiger partial charge is 0.251 e. The number of aromatic nitrogens is 2. The Labute approximate surface area is 142 Å². The van der Waals surface area contributed by atoms with E-state index >= 15 is 0 Å². The van der Waals surface area contributed by atoms with Crippen LogP contribution in [0.3, 0.4) is 0 Å². The minimum absolute atomic E-state index is 0.0310. The largest absolute Gasteiger partial charge is 0.352 e. The number of amides is 1. The van der Waals surface area contributed by atoms with Crippen LogP contribution in [0.1, 0.15) is 64.5 Å². The van der Waals surface area contributed by atoms with Gasteiger partial charge in [-0.05, 0) is 32.6 Å². The predicted molar refractivity (Wildman–Crippen MR) is 93.8 cm³/mol. The molecule has 1 amide bonds. The molecule has 5 nitrogen and oxygen atoms in total. The topological polar surface area (TPSA) is 74.8 Å². The Morgan fingerprint density at radius 2 is 2.17 bits per heavy atom. The third kappa shape index (κ3) is 6.01. The molecule has 1 aromatic rings. The van der Waals surface area contributed by atoms with E-state index in [1.165, 1.54) is 31.0 Å². The van der Waals surface area contributed by atoms with E-state index in [0.717, 1.165) is 37.8 Å². The number of nitrogens with zero attached hydrogens (tertiary/aromatic N) is 1. The van der Waals surface area contributed by atoms with Crippen LogP contribution in [0.4, 0.5) is 0 Å². The molecule has 1 unspecified atom stereocenters. The molecule has 6 heteroatoms. The molecule has 0 aromatic carbocycles. The minimum atomic E-state index is -0.262. The quantitative estimate of drug-likeness (QED) is 0.592. The summed E-state index contributed by atoms with van der Waals surface area (Å²) in [5, 5.41) is 3.40. The molecule has 1 aromatic heterocycles. The fourth-order valence-corrected chi connectivity index (χ4v) is 3.65. The second kappa shape index (κ2) is 9.11. The number of hydrogen-bond donors (Lipinski definition) is 2. The molecular weight excluding hydrogens is 310 g/mol. The van der Waals surface area contributed by atoms with Crippen LogP contribution in [0, 0.1) is 0 Å². The van der Waals surface area contributed by atoms with Gasteiger partial charge in [-0.15, -0.1) is 0 Å². The zero-order valence-electron chi connectivity index (χ0n) is 14.1. The van der Waals surface area contributed by atoms with Crippen LogP contribution in [-0.2, 0) is 11.2 Å². The molecule has 2 N–H and O–H groups in total. The monoisotopic (exact) mass is 337 g/mol. The molecule has 1 aliphatic rings. The molecule has 1 aliphatic carbocycles. The van der Waals surface area contributed by atoms with Crippen molar-refractivity contribution in [3.05, 3.63) is 22.1 Å². The Morgan fingerprint density at radius 3 is 2.87 bits per heavy atom. The van der Waals surface area contributed by atoms with E-state index in [0.29, 0.717) is 11.2 Å². The van der Waals surface area contributed by atoms with Crippen molar-refractivity contribution in [3.8, 4) is 0 Å². The van der Waals surface area contributed by atoms with Gasteiger partial charge in [-0.3, -0.25) is 9.59 Å². The molecule has 1 fully saturated rings. The van der Waals surface area contributed by atoms with Gasteiger partial charge in [-0.2, -0.15) is 0 Å². The Kier molecular flexibility index (Phi) is 7.15. The third-order valence-electron chi connectivity index (χ3n) is 4.17. The van der Waals surface area contributed by atoms with Crippen molar-refractivity contribution in [2.45, 2.75) is 81.7 Å². The van der Waals surface area contributed by atoms with Crippen molar-refractivity contribution >= 4 is 17.7 Å². The average molecular weight is 337 g/mol. The number of hydrogen-bond acceptors (Lipinski definition) is 4. The number of thioether (sulfide) groups is 1. The van der Waals surface area contributed by atoms with Crippen LogP contribution < -0.4 is 10.9 Å². The van der Waals surface area contributed by atoms with Gasteiger partial charge in [0.15, 0.2) is 5.16 Å². The minimum Gasteiger partial charge on any atom is -0.352 e. The fourth-order valence-electron chi connectivity index (χ4n) is 2.81. The number of H-pyrrole nitrogens is 1. The van der Waals surface area contributed by atoms with Crippen LogP contribution in [0.15, 0.2) is 16.0 Å². The summed E-state index contributed by atoms with van der Waals surface area (Å²) in [4.78, 5) is 31.2. The van der Waals surface area contributed by atoms with Gasteiger partial charge < -0.3 is 10.3 Å². The van der Waals surface area contributed by atoms with E-state index in [9.17, 15) is 9.59 Å². The molecule has 0 saturated heterocycles. The molecule has 2 rings (SSSR count). The van der Waals surface area contributed by atoms with Gasteiger partial charge in [0.05, 0.1) is 5.25 Å². The van der Waals surface area contributed by atoms with Crippen LogP contribution in [0.2, 0.25) is 0 Å². The van der Waals surface area contributed by atoms with E-state index in [4.69, 9.17) is 0 Å². The van der Waals surface area contributed by atoms with E-state index in [2.05, 4.69) is 22.2 Å². The molecule has 1 heterocycles. The van der Waals surface area contributed by atoms with Crippen LogP contribution >= 0.6 is 11.8 Å². The number of aryl methyl sites for hydroxylation is 1. The summed E-state index contributed by atoms with van der Waals surface area (Å²) < 4.78 is 0. The van der Waals surface area contributed by atoms with Gasteiger partial charge in [-0.1, -0.05) is 44.4 Å². The van der Waals surface area contributed by atoms with E-state index < -0.39 is 0 Å². The maximum absolute atomic E-state index is 12.3. The first-order valence-electron chi connectivity index (χ1n) is 8.65. The summed E-state index contributed by atoms with van der Waals surface area (Å²) in [6, 6.07) is 1.86. The van der Waals surface area contributed by atoms with Gasteiger partial charge in [0, 0.05) is 17.8 Å². The molecule has 0 bridgehead atoms. The van der Waals surface area contributed by atoms with E-state index in [-0.39, 0.29) is 16.7 Å². The molecule has 0 radical (unpaired) electrons. The first kappa shape index (κ1) is 18.0. The first-order chi connectivity index (χ1) is 11.1. The summed E-state index contributed by atoms with van der Waals surface area (Å²) >= 11 is 1.32. The highest BCUT2D eigenvalue weighted by atomic mass is 32.2. The second-order valence-corrected chi connectivity index (χ2v) is 7.58. The number of carbonyl (C=O) groups excluding carboxylic acids is 1. The lowest BCUT2D eigenvalue weighted by Gasteiger charge is -2.24. The van der Waals surface area contributed by atoms with Gasteiger partial charge in [-0.25, -0.2) is 4.98 Å². The van der Waals surface area contributed by atoms with E-state index in [1.54, 1.807) is 6.07 Å². The Hall–Kier alpha value is -1.30. The number of aromatic amines is 1. The molecule has 1 saturated carbocycles. The third-order valence-corrected chi connectivity index (χ3v) is 5.15. The summed E-state index contributed by atoms with van der Waals surface area (Å²) in [6.07, 6.45) is 8.69. The van der Waals surface area contributed by atoms with Gasteiger partial charge in [0.1, 0.15) is 0 Å². The van der Waals surface area contributed by atoms with Crippen LogP contribution in [0.5, 0.6) is 0 Å². The molecule has 0 aliphatic heterocycles. The average Bonchev–Trinajstić information content (AvgIpc) is 2.53. The van der Waals surface area contributed by atoms with E-state index in [1.807, 2.05) is 6.92 Å². The van der Waals surface area contributed by atoms with Crippen LogP contribution in [-0.4, -0.2) is 27.2 Å². The van der Waals surface area contributed by atoms with Gasteiger partial charge in [0.2, 0.25) is 5.91 Å². The van der Waals surface area contributed by atoms with Crippen molar-refractivity contribution in [2.24, 2.45) is 0 Å². The van der Waals surface area contributed by atoms with Crippen molar-refractivity contribution < 1.29 is 4.79 Å². The number of nitrogens with one attached hydrogen (secondary N) is 2. The Bertz CT molecular complexity index is 567. The van der Waals surface area contributed by atoms with Crippen molar-refractivity contribution in [1.82, 2.24) is 15.3 Å². The molecule has 0 spiro atoms. The zero-order valence-corrected chi connectivity index (χ0v) is 14.9. The van der Waals surface area contributed by atoms with Gasteiger partial charge in [0.25, 0.3) is 5.56 Å². The van der Waals surface area contributed by atoms with Crippen molar-refractivity contribution in [3.63, 3.8) is 0 Å². The molecular formula is C17H27N3O2S. The standard InChI is InChI=1S/C17H27N3O2S/c1-3-4-8-14-11-15(21)20-17(19-14)23-12(2)16(22)18-13-9-6-5-7-10-13/h11-13H,3-10H2,1-2H3,(H,18,22)(H,19,20,21). The maximum Gasteiger partial charge on any atom is 0.251 e. The maximum atomic E-state index is 12.3. The highest BCUT2D eigenvalue weighted by Crippen LogP contribution is 2.21. The van der Waals surface area contributed by atoms with Crippen molar-refractivity contribution in [1.29, 1.82) is 0 Å². The van der Waals surface area contributed by atoms with Crippen molar-refractivity contribution in [2.75, 3.05) is 0 Å². The summed E-state index contributed by atoms with van der Waals surface area (Å²) in [6.45, 7) is 3.97. The Balaban J connectivity index is 1.92. The SMILES string of the molecule is CCCCc1cc(=O)[nH]c(SC(C)C(=O)NC2CCCCC2)n1. The lowest BCUT2D eigenvalue weighted by atomic mass is 9.95. The lowest BCUT2D eigenvalue weighted by Crippen LogP contribution is -2.40. The fraction of sp³-hybridized carbons (Fsp3) is 0.706. The predicted octanol–water partition coefficient (Wildman–Crippen LogP) is 3.04. The highest BCUT2D eigenvalue weighted by Gasteiger charge is 2.21. The summed E-state index contributed by atoms with van der Waals surface area (Å²) in [5.41, 5.74) is 0.659. The summed E-state index contributed by atoms with van der Waals surface area (Å²) in [7, 11) is 0. The second-order valence-electron chi connectivity index (χ2n) is 6.25. The summed E-state index contributed by atoms with van der Waals surface area (Å²) in [5.74, 6) is 0.0310. The lowest BCUT2D eigenvalue weighted by molar-refractivity contribution is -0.121. The highest BCUT2D eigenvalue weighted by molar-refractivity contribution is 8.00. The van der Waals surface area contributed by atoms with Gasteiger partial charge >= 0.3 is 0 Å². The normalized spacial score (nSPS) is 17.0. The molecule has 23 heavy (non-hydrogen) atoms. The number of rotatable bonds is 7. The number of carbonyl (C=O) groups is 1. The zero-order chi connectivity index (χ0) is 16.7. The first-order valence-corrected chi connectivity index (χ1v) is 9.53.